The number of carbonyl (C=O) groups is 2. The Bertz CT molecular complexity index is 876. The van der Waals surface area contributed by atoms with E-state index in [4.69, 9.17) is 9.47 Å². The molecule has 0 amide bonds. The molecule has 9 heteroatoms. The molecule has 0 saturated carbocycles. The van der Waals surface area contributed by atoms with E-state index in [0.717, 1.165) is 30.0 Å². The van der Waals surface area contributed by atoms with Gasteiger partial charge in [-0.2, -0.15) is 0 Å². The predicted molar refractivity (Wildman–Crippen MR) is 104 cm³/mol. The highest BCUT2D eigenvalue weighted by Crippen LogP contribution is 2.47. The van der Waals surface area contributed by atoms with E-state index in [1.165, 1.54) is 11.8 Å². The normalized spacial score (nSPS) is 15.1. The molecule has 146 valence electrons. The van der Waals surface area contributed by atoms with Crippen LogP contribution in [0, 0.1) is 0 Å². The number of nitrogens with zero attached hydrogens (tertiary/aromatic N) is 1. The first-order valence-corrected chi connectivity index (χ1v) is 10.9. The topological polar surface area (TPSA) is 90.0 Å². The molecule has 1 aliphatic heterocycles. The summed E-state index contributed by atoms with van der Waals surface area (Å²) < 4.78 is 34.1. The van der Waals surface area contributed by atoms with Gasteiger partial charge in [-0.05, 0) is 25.0 Å². The minimum absolute atomic E-state index is 0.239. The fourth-order valence-corrected chi connectivity index (χ4v) is 5.03. The summed E-state index contributed by atoms with van der Waals surface area (Å²) in [6, 6.07) is 7.42. The summed E-state index contributed by atoms with van der Waals surface area (Å²) in [6.07, 6.45) is 3.30. The standard InChI is InChI=1S/C18H21NO6S2/c1-4-15(20)25-12-8-7-11-19-13-9-5-6-10-14(13)26-17(19)16(18(21)24-2)27(3,22)23/h4-6,9-10H,1,7-8,11-12H2,2-3H3. The zero-order chi connectivity index (χ0) is 20.0. The van der Waals surface area contributed by atoms with Crippen molar-refractivity contribution in [1.82, 2.24) is 0 Å². The molecule has 0 atom stereocenters. The maximum absolute atomic E-state index is 12.2. The lowest BCUT2D eigenvalue weighted by atomic mass is 10.2. The SMILES string of the molecule is C=CC(=O)OCCCCN1C(=C(C(=O)OC)S(C)(=O)=O)Sc2ccccc21. The van der Waals surface area contributed by atoms with Gasteiger partial charge < -0.3 is 14.4 Å². The maximum Gasteiger partial charge on any atom is 0.352 e. The first-order chi connectivity index (χ1) is 12.8. The van der Waals surface area contributed by atoms with Gasteiger partial charge in [0.05, 0.1) is 19.4 Å². The Balaban J connectivity index is 2.28. The van der Waals surface area contributed by atoms with E-state index in [1.807, 2.05) is 24.3 Å². The highest BCUT2D eigenvalue weighted by Gasteiger charge is 2.35. The summed E-state index contributed by atoms with van der Waals surface area (Å²) in [5.74, 6) is -1.37. The van der Waals surface area contributed by atoms with Crippen molar-refractivity contribution in [1.29, 1.82) is 0 Å². The van der Waals surface area contributed by atoms with Crippen LogP contribution in [0.2, 0.25) is 0 Å². The monoisotopic (exact) mass is 411 g/mol. The van der Waals surface area contributed by atoms with Crippen molar-refractivity contribution in [3.05, 3.63) is 46.9 Å². The number of para-hydroxylation sites is 1. The van der Waals surface area contributed by atoms with Crippen LogP contribution in [0.1, 0.15) is 12.8 Å². The first-order valence-electron chi connectivity index (χ1n) is 8.16. The van der Waals surface area contributed by atoms with Gasteiger partial charge in [-0.3, -0.25) is 0 Å². The van der Waals surface area contributed by atoms with Crippen LogP contribution in [0.15, 0.2) is 51.8 Å². The third-order valence-corrected chi connectivity index (χ3v) is 6.14. The van der Waals surface area contributed by atoms with Gasteiger partial charge in [0, 0.05) is 23.8 Å². The number of ether oxygens (including phenoxy) is 2. The van der Waals surface area contributed by atoms with Crippen molar-refractivity contribution in [3.8, 4) is 0 Å². The minimum atomic E-state index is -3.80. The van der Waals surface area contributed by atoms with Crippen LogP contribution in [-0.4, -0.2) is 46.9 Å². The van der Waals surface area contributed by atoms with Gasteiger partial charge in [-0.25, -0.2) is 18.0 Å². The summed E-state index contributed by atoms with van der Waals surface area (Å²) in [5.41, 5.74) is 0.825. The average molecular weight is 412 g/mol. The number of methoxy groups -OCH3 is 1. The number of benzene rings is 1. The minimum Gasteiger partial charge on any atom is -0.465 e. The summed E-state index contributed by atoms with van der Waals surface area (Å²) in [7, 11) is -2.65. The zero-order valence-corrected chi connectivity index (χ0v) is 16.8. The third-order valence-electron chi connectivity index (χ3n) is 3.73. The van der Waals surface area contributed by atoms with E-state index in [2.05, 4.69) is 6.58 Å². The summed E-state index contributed by atoms with van der Waals surface area (Å²) in [5, 5.41) is 0.327. The Hall–Kier alpha value is -2.26. The van der Waals surface area contributed by atoms with Gasteiger partial charge in [-0.15, -0.1) is 0 Å². The molecule has 0 saturated heterocycles. The average Bonchev–Trinajstić information content (AvgIpc) is 2.98. The van der Waals surface area contributed by atoms with E-state index in [9.17, 15) is 18.0 Å². The van der Waals surface area contributed by atoms with Gasteiger partial charge in [0.25, 0.3) is 0 Å². The highest BCUT2D eigenvalue weighted by molar-refractivity contribution is 8.05. The van der Waals surface area contributed by atoms with Crippen molar-refractivity contribution in [2.45, 2.75) is 17.7 Å². The number of hydrogen-bond acceptors (Lipinski definition) is 8. The third kappa shape index (κ3) is 5.14. The van der Waals surface area contributed by atoms with E-state index in [-0.39, 0.29) is 11.5 Å². The van der Waals surface area contributed by atoms with Crippen LogP contribution in [0.3, 0.4) is 0 Å². The fourth-order valence-electron chi connectivity index (χ4n) is 2.52. The molecular formula is C18H21NO6S2. The van der Waals surface area contributed by atoms with E-state index >= 15 is 0 Å². The molecular weight excluding hydrogens is 390 g/mol. The molecule has 27 heavy (non-hydrogen) atoms. The molecule has 0 N–H and O–H groups in total. The molecule has 1 heterocycles. The molecule has 0 fully saturated rings. The van der Waals surface area contributed by atoms with E-state index < -0.39 is 21.8 Å². The van der Waals surface area contributed by atoms with Crippen molar-refractivity contribution in [3.63, 3.8) is 0 Å². The summed E-state index contributed by atoms with van der Waals surface area (Å²) in [6.45, 7) is 4.03. The molecule has 2 rings (SSSR count). The summed E-state index contributed by atoms with van der Waals surface area (Å²) in [4.78, 5) is 25.5. The number of thioether (sulfide) groups is 1. The fraction of sp³-hybridized carbons (Fsp3) is 0.333. The number of rotatable bonds is 8. The Labute approximate surface area is 162 Å². The van der Waals surface area contributed by atoms with Crippen LogP contribution < -0.4 is 4.90 Å². The number of carbonyl (C=O) groups excluding carboxylic acids is 2. The zero-order valence-electron chi connectivity index (χ0n) is 15.1. The molecule has 1 aromatic rings. The smallest absolute Gasteiger partial charge is 0.352 e. The quantitative estimate of drug-likeness (QED) is 0.366. The van der Waals surface area contributed by atoms with Gasteiger partial charge in [0.2, 0.25) is 0 Å². The number of sulfone groups is 1. The van der Waals surface area contributed by atoms with Gasteiger partial charge in [0.15, 0.2) is 14.7 Å². The molecule has 0 radical (unpaired) electrons. The van der Waals surface area contributed by atoms with Crippen LogP contribution >= 0.6 is 11.8 Å². The number of anilines is 1. The van der Waals surface area contributed by atoms with E-state index in [1.54, 1.807) is 4.90 Å². The lowest BCUT2D eigenvalue weighted by Gasteiger charge is -2.22. The second-order valence-electron chi connectivity index (χ2n) is 5.70. The number of unbranched alkanes of at least 4 members (excludes halogenated alkanes) is 1. The van der Waals surface area contributed by atoms with Crippen molar-refractivity contribution in [2.24, 2.45) is 0 Å². The Morgan fingerprint density at radius 3 is 2.59 bits per heavy atom. The molecule has 0 aromatic heterocycles. The van der Waals surface area contributed by atoms with Gasteiger partial charge in [0.1, 0.15) is 5.03 Å². The van der Waals surface area contributed by atoms with Crippen LogP contribution in [-0.2, 0) is 28.9 Å². The molecule has 1 aromatic carbocycles. The van der Waals surface area contributed by atoms with Crippen molar-refractivity contribution in [2.75, 3.05) is 31.4 Å². The maximum atomic E-state index is 12.2. The second kappa shape index (κ2) is 9.09. The largest absolute Gasteiger partial charge is 0.465 e. The predicted octanol–water partition coefficient (Wildman–Crippen LogP) is 2.49. The highest BCUT2D eigenvalue weighted by atomic mass is 32.2. The molecule has 0 aliphatic carbocycles. The number of hydrogen-bond donors (Lipinski definition) is 0. The number of fused-ring (bicyclic) bond motifs is 1. The molecule has 0 bridgehead atoms. The lowest BCUT2D eigenvalue weighted by Crippen LogP contribution is -2.25. The Morgan fingerprint density at radius 2 is 1.96 bits per heavy atom. The molecule has 0 spiro atoms. The van der Waals surface area contributed by atoms with Gasteiger partial charge in [-0.1, -0.05) is 30.5 Å². The first kappa shape index (κ1) is 21.0. The van der Waals surface area contributed by atoms with E-state index in [0.29, 0.717) is 24.4 Å². The molecule has 7 nitrogen and oxygen atoms in total. The lowest BCUT2D eigenvalue weighted by molar-refractivity contribution is -0.138. The van der Waals surface area contributed by atoms with Crippen molar-refractivity contribution >= 4 is 39.2 Å². The van der Waals surface area contributed by atoms with Gasteiger partial charge >= 0.3 is 11.9 Å². The Kier molecular flexibility index (Phi) is 7.09. The summed E-state index contributed by atoms with van der Waals surface area (Å²) >= 11 is 1.22. The van der Waals surface area contributed by atoms with Crippen LogP contribution in [0.25, 0.3) is 0 Å². The Morgan fingerprint density at radius 1 is 1.26 bits per heavy atom. The molecule has 0 unspecified atom stereocenters. The van der Waals surface area contributed by atoms with Crippen LogP contribution in [0.5, 0.6) is 0 Å². The second-order valence-corrected chi connectivity index (χ2v) is 8.68. The van der Waals surface area contributed by atoms with Crippen LogP contribution in [0.4, 0.5) is 5.69 Å². The number of esters is 2. The molecule has 1 aliphatic rings. The van der Waals surface area contributed by atoms with Crippen molar-refractivity contribution < 1.29 is 27.5 Å².